The molecule has 0 radical (unpaired) electrons. The molecule has 3 heterocycles. The van der Waals surface area contributed by atoms with Crippen LogP contribution >= 0.6 is 24.8 Å². The van der Waals surface area contributed by atoms with E-state index in [1.807, 2.05) is 60.0 Å². The number of fused-ring (bicyclic) bond motifs is 1. The van der Waals surface area contributed by atoms with Crippen LogP contribution < -0.4 is 5.32 Å². The van der Waals surface area contributed by atoms with Gasteiger partial charge in [-0.15, -0.1) is 24.8 Å². The molecule has 1 amide bonds. The van der Waals surface area contributed by atoms with Gasteiger partial charge >= 0.3 is 0 Å². The Morgan fingerprint density at radius 3 is 2.48 bits per heavy atom. The minimum Gasteiger partial charge on any atom is -0.339 e. The van der Waals surface area contributed by atoms with Crippen LogP contribution in [0.4, 0.5) is 0 Å². The predicted molar refractivity (Wildman–Crippen MR) is 121 cm³/mol. The molecule has 29 heavy (non-hydrogen) atoms. The number of aryl methyl sites for hydroxylation is 1. The fourth-order valence-electron chi connectivity index (χ4n) is 3.75. The number of hydrogen-bond donors (Lipinski definition) is 1. The van der Waals surface area contributed by atoms with Crippen molar-refractivity contribution in [3.8, 4) is 11.3 Å². The van der Waals surface area contributed by atoms with Crippen LogP contribution in [0.2, 0.25) is 0 Å². The number of nitrogens with zero attached hydrogens (tertiary/aromatic N) is 4. The third-order valence-electron chi connectivity index (χ3n) is 5.40. The smallest absolute Gasteiger partial charge is 0.254 e. The maximum absolute atomic E-state index is 13.3. The molecule has 6 nitrogen and oxygen atoms in total. The summed E-state index contributed by atoms with van der Waals surface area (Å²) in [5.41, 5.74) is 3.28. The molecule has 0 aliphatic carbocycles. The van der Waals surface area contributed by atoms with E-state index in [9.17, 15) is 4.79 Å². The van der Waals surface area contributed by atoms with Crippen LogP contribution in [0.15, 0.2) is 42.6 Å². The summed E-state index contributed by atoms with van der Waals surface area (Å²) in [7, 11) is 1.99. The Labute approximate surface area is 183 Å². The monoisotopic (exact) mass is 435 g/mol. The summed E-state index contributed by atoms with van der Waals surface area (Å²) >= 11 is 0. The molecular formula is C21H27Cl2N5O. The summed E-state index contributed by atoms with van der Waals surface area (Å²) in [5, 5.41) is 8.58. The maximum Gasteiger partial charge on any atom is 0.254 e. The van der Waals surface area contributed by atoms with E-state index in [2.05, 4.69) is 10.4 Å². The third kappa shape index (κ3) is 4.55. The standard InChI is InChI=1S/C21H25N5O.2ClH/c1-3-26-20-18(14-23-26)17(13-19(24-20)15-7-5-4-6-8-15)21(27)25-11-9-16(22-2)10-12-25;;/h4-8,13-14,16,22H,3,9-12H2,1-2H3;2*1H. The van der Waals surface area contributed by atoms with Crippen LogP contribution in [0.25, 0.3) is 22.3 Å². The molecule has 0 saturated carbocycles. The van der Waals surface area contributed by atoms with E-state index in [1.165, 1.54) is 0 Å². The highest BCUT2D eigenvalue weighted by atomic mass is 35.5. The molecule has 0 atom stereocenters. The highest BCUT2D eigenvalue weighted by Crippen LogP contribution is 2.26. The molecule has 1 aromatic carbocycles. The van der Waals surface area contributed by atoms with Crippen molar-refractivity contribution in [2.45, 2.75) is 32.4 Å². The average Bonchev–Trinajstić information content (AvgIpc) is 3.16. The Balaban J connectivity index is 0.00000150. The molecule has 1 saturated heterocycles. The zero-order valence-electron chi connectivity index (χ0n) is 16.7. The van der Waals surface area contributed by atoms with Gasteiger partial charge in [0.25, 0.3) is 5.91 Å². The summed E-state index contributed by atoms with van der Waals surface area (Å²) in [5.74, 6) is 0.0739. The number of carbonyl (C=O) groups excluding carboxylic acids is 1. The van der Waals surface area contributed by atoms with Crippen LogP contribution in [0.3, 0.4) is 0 Å². The molecule has 1 fully saturated rings. The number of aromatic nitrogens is 3. The van der Waals surface area contributed by atoms with Crippen LogP contribution in [-0.2, 0) is 6.54 Å². The first kappa shape index (κ1) is 23.1. The van der Waals surface area contributed by atoms with Gasteiger partial charge in [0.2, 0.25) is 0 Å². The quantitative estimate of drug-likeness (QED) is 0.676. The highest BCUT2D eigenvalue weighted by molar-refractivity contribution is 6.06. The van der Waals surface area contributed by atoms with Crippen LogP contribution in [0.5, 0.6) is 0 Å². The summed E-state index contributed by atoms with van der Waals surface area (Å²) in [6.45, 7) is 4.30. The normalized spacial score (nSPS) is 14.3. The Morgan fingerprint density at radius 1 is 1.17 bits per heavy atom. The van der Waals surface area contributed by atoms with Gasteiger partial charge in [0.15, 0.2) is 5.65 Å². The summed E-state index contributed by atoms with van der Waals surface area (Å²) in [6, 6.07) is 12.4. The molecular weight excluding hydrogens is 409 g/mol. The molecule has 1 N–H and O–H groups in total. The number of likely N-dealkylation sites (tertiary alicyclic amines) is 1. The first-order valence-corrected chi connectivity index (χ1v) is 9.59. The number of nitrogens with one attached hydrogen (secondary N) is 1. The number of carbonyl (C=O) groups is 1. The van der Waals surface area contributed by atoms with Crippen LogP contribution in [-0.4, -0.2) is 51.8 Å². The Morgan fingerprint density at radius 2 is 1.86 bits per heavy atom. The van der Waals surface area contributed by atoms with Gasteiger partial charge in [-0.05, 0) is 32.9 Å². The van der Waals surface area contributed by atoms with Gasteiger partial charge in [0.1, 0.15) is 0 Å². The lowest BCUT2D eigenvalue weighted by atomic mass is 10.0. The Hall–Kier alpha value is -2.15. The van der Waals surface area contributed by atoms with Crippen LogP contribution in [0, 0.1) is 0 Å². The first-order valence-electron chi connectivity index (χ1n) is 9.59. The zero-order chi connectivity index (χ0) is 18.8. The van der Waals surface area contributed by atoms with E-state index < -0.39 is 0 Å². The van der Waals surface area contributed by atoms with E-state index in [0.717, 1.165) is 54.8 Å². The molecule has 3 aromatic rings. The second kappa shape index (κ2) is 10.1. The second-order valence-corrected chi connectivity index (χ2v) is 6.97. The van der Waals surface area contributed by atoms with Crippen molar-refractivity contribution < 1.29 is 4.79 Å². The molecule has 1 aliphatic heterocycles. The van der Waals surface area contributed by atoms with E-state index in [1.54, 1.807) is 6.20 Å². The second-order valence-electron chi connectivity index (χ2n) is 6.97. The summed E-state index contributed by atoms with van der Waals surface area (Å²) in [6.07, 6.45) is 3.74. The topological polar surface area (TPSA) is 63.1 Å². The number of amides is 1. The molecule has 4 rings (SSSR count). The predicted octanol–water partition coefficient (Wildman–Crippen LogP) is 3.79. The van der Waals surface area contributed by atoms with E-state index in [-0.39, 0.29) is 30.7 Å². The Bertz CT molecular complexity index is 952. The zero-order valence-corrected chi connectivity index (χ0v) is 18.3. The maximum atomic E-state index is 13.3. The largest absolute Gasteiger partial charge is 0.339 e. The van der Waals surface area contributed by atoms with Crippen molar-refractivity contribution in [3.63, 3.8) is 0 Å². The van der Waals surface area contributed by atoms with Gasteiger partial charge in [0, 0.05) is 31.2 Å². The molecule has 0 unspecified atom stereocenters. The molecule has 156 valence electrons. The summed E-state index contributed by atoms with van der Waals surface area (Å²) in [4.78, 5) is 20.1. The lowest BCUT2D eigenvalue weighted by Gasteiger charge is -2.32. The fourth-order valence-corrected chi connectivity index (χ4v) is 3.75. The number of benzene rings is 1. The van der Waals surface area contributed by atoms with Crippen molar-refractivity contribution in [2.24, 2.45) is 0 Å². The number of piperidine rings is 1. The first-order chi connectivity index (χ1) is 13.2. The molecule has 1 aliphatic rings. The minimum atomic E-state index is 0. The van der Waals surface area contributed by atoms with Crippen LogP contribution in [0.1, 0.15) is 30.1 Å². The van der Waals surface area contributed by atoms with Gasteiger partial charge in [-0.2, -0.15) is 5.10 Å². The lowest BCUT2D eigenvalue weighted by Crippen LogP contribution is -2.44. The van der Waals surface area contributed by atoms with Crippen molar-refractivity contribution in [1.82, 2.24) is 25.0 Å². The number of pyridine rings is 1. The van der Waals surface area contributed by atoms with Crippen molar-refractivity contribution >= 4 is 41.8 Å². The van der Waals surface area contributed by atoms with Crippen molar-refractivity contribution in [2.75, 3.05) is 20.1 Å². The number of halogens is 2. The fraction of sp³-hybridized carbons (Fsp3) is 0.381. The number of rotatable bonds is 4. The van der Waals surface area contributed by atoms with Gasteiger partial charge in [-0.25, -0.2) is 9.67 Å². The summed E-state index contributed by atoms with van der Waals surface area (Å²) < 4.78 is 1.85. The van der Waals surface area contributed by atoms with Gasteiger partial charge < -0.3 is 10.2 Å². The molecule has 0 spiro atoms. The van der Waals surface area contributed by atoms with Crippen molar-refractivity contribution in [3.05, 3.63) is 48.2 Å². The van der Waals surface area contributed by atoms with E-state index in [0.29, 0.717) is 11.6 Å². The van der Waals surface area contributed by atoms with Gasteiger partial charge in [-0.1, -0.05) is 30.3 Å². The van der Waals surface area contributed by atoms with Crippen molar-refractivity contribution in [1.29, 1.82) is 0 Å². The molecule has 0 bridgehead atoms. The highest BCUT2D eigenvalue weighted by Gasteiger charge is 2.25. The lowest BCUT2D eigenvalue weighted by molar-refractivity contribution is 0.0709. The Kier molecular flexibility index (Phi) is 8.02. The SMILES string of the molecule is CCn1ncc2c(C(=O)N3CCC(NC)CC3)cc(-c3ccccc3)nc21.Cl.Cl. The number of hydrogen-bond acceptors (Lipinski definition) is 4. The van der Waals surface area contributed by atoms with E-state index in [4.69, 9.17) is 4.98 Å². The third-order valence-corrected chi connectivity index (χ3v) is 5.40. The van der Waals surface area contributed by atoms with Gasteiger partial charge in [0.05, 0.1) is 22.8 Å². The van der Waals surface area contributed by atoms with E-state index >= 15 is 0 Å². The average molecular weight is 436 g/mol. The molecule has 2 aromatic heterocycles. The van der Waals surface area contributed by atoms with Gasteiger partial charge in [-0.3, -0.25) is 4.79 Å². The molecule has 8 heteroatoms. The minimum absolute atomic E-state index is 0.